The lowest BCUT2D eigenvalue weighted by atomic mass is 10.2. The van der Waals surface area contributed by atoms with Crippen LogP contribution in [0, 0.1) is 17.0 Å². The number of carbonyl (C=O) groups is 1. The second-order valence-corrected chi connectivity index (χ2v) is 5.18. The number of amides is 2. The van der Waals surface area contributed by atoms with Crippen molar-refractivity contribution in [2.24, 2.45) is 0 Å². The van der Waals surface area contributed by atoms with Crippen molar-refractivity contribution in [3.63, 3.8) is 0 Å². The number of carbonyl (C=O) groups excluding carboxylic acids is 1. The van der Waals surface area contributed by atoms with Crippen LogP contribution in [0.3, 0.4) is 0 Å². The second-order valence-electron chi connectivity index (χ2n) is 4.33. The number of nitro benzene ring substituents is 1. The Balaban J connectivity index is 2.84. The van der Waals surface area contributed by atoms with Gasteiger partial charge in [-0.25, -0.2) is 4.79 Å². The molecule has 2 N–H and O–H groups in total. The summed E-state index contributed by atoms with van der Waals surface area (Å²) in [6.07, 6.45) is 0. The molecule has 8 heteroatoms. The Labute approximate surface area is 125 Å². The molecule has 2 amide bonds. The minimum Gasteiger partial charge on any atom is -0.383 e. The second kappa shape index (κ2) is 7.20. The molecule has 7 nitrogen and oxygen atoms in total. The highest BCUT2D eigenvalue weighted by atomic mass is 79.9. The number of nitrogens with one attached hydrogen (secondary N) is 2. The molecule has 0 heterocycles. The first-order valence-corrected chi connectivity index (χ1v) is 6.65. The molecule has 0 aromatic heterocycles. The van der Waals surface area contributed by atoms with E-state index in [-0.39, 0.29) is 11.7 Å². The van der Waals surface area contributed by atoms with Crippen LogP contribution in [-0.2, 0) is 4.74 Å². The van der Waals surface area contributed by atoms with Crippen LogP contribution in [0.1, 0.15) is 12.5 Å². The van der Waals surface area contributed by atoms with Crippen LogP contribution in [0.25, 0.3) is 0 Å². The van der Waals surface area contributed by atoms with Crippen LogP contribution in [-0.4, -0.2) is 30.7 Å². The van der Waals surface area contributed by atoms with E-state index in [1.165, 1.54) is 13.2 Å². The van der Waals surface area contributed by atoms with E-state index in [1.807, 2.05) is 0 Å². The molecule has 0 fully saturated rings. The Kier molecular flexibility index (Phi) is 5.90. The summed E-state index contributed by atoms with van der Waals surface area (Å²) in [7, 11) is 1.54. The Bertz CT molecular complexity index is 522. The summed E-state index contributed by atoms with van der Waals surface area (Å²) < 4.78 is 5.48. The highest BCUT2D eigenvalue weighted by Crippen LogP contribution is 2.30. The standard InChI is InChI=1S/C12H16BrN3O4/c1-7-4-9(13)10(5-11(7)16(18)19)15-12(17)14-8(2)6-20-3/h4-5,8H,6H2,1-3H3,(H2,14,15,17). The first-order valence-electron chi connectivity index (χ1n) is 5.86. The number of aryl methyl sites for hydroxylation is 1. The van der Waals surface area contributed by atoms with Gasteiger partial charge in [0.2, 0.25) is 0 Å². The highest BCUT2D eigenvalue weighted by molar-refractivity contribution is 9.10. The quantitative estimate of drug-likeness (QED) is 0.633. The minimum atomic E-state index is -0.488. The molecule has 110 valence electrons. The molecule has 20 heavy (non-hydrogen) atoms. The van der Waals surface area contributed by atoms with E-state index in [1.54, 1.807) is 19.9 Å². The summed E-state index contributed by atoms with van der Waals surface area (Å²) in [5.74, 6) is 0. The van der Waals surface area contributed by atoms with Crippen LogP contribution in [0.15, 0.2) is 16.6 Å². The zero-order valence-electron chi connectivity index (χ0n) is 11.4. The van der Waals surface area contributed by atoms with Crippen LogP contribution in [0.2, 0.25) is 0 Å². The third kappa shape index (κ3) is 4.46. The Morgan fingerprint density at radius 1 is 1.55 bits per heavy atom. The SMILES string of the molecule is COCC(C)NC(=O)Nc1cc([N+](=O)[O-])c(C)cc1Br. The Morgan fingerprint density at radius 3 is 2.75 bits per heavy atom. The monoisotopic (exact) mass is 345 g/mol. The van der Waals surface area contributed by atoms with Gasteiger partial charge < -0.3 is 15.4 Å². The number of anilines is 1. The molecular formula is C12H16BrN3O4. The smallest absolute Gasteiger partial charge is 0.319 e. The number of nitrogens with zero attached hydrogens (tertiary/aromatic N) is 1. The van der Waals surface area contributed by atoms with Gasteiger partial charge in [-0.1, -0.05) is 0 Å². The van der Waals surface area contributed by atoms with E-state index < -0.39 is 11.0 Å². The van der Waals surface area contributed by atoms with Gasteiger partial charge in [-0.2, -0.15) is 0 Å². The van der Waals surface area contributed by atoms with Crippen molar-refractivity contribution < 1.29 is 14.5 Å². The average molecular weight is 346 g/mol. The van der Waals surface area contributed by atoms with Crippen molar-refractivity contribution in [2.75, 3.05) is 19.0 Å². The molecule has 0 aliphatic carbocycles. The van der Waals surface area contributed by atoms with E-state index in [9.17, 15) is 14.9 Å². The van der Waals surface area contributed by atoms with Crippen LogP contribution in [0.4, 0.5) is 16.2 Å². The fourth-order valence-corrected chi connectivity index (χ4v) is 2.18. The van der Waals surface area contributed by atoms with Crippen molar-refractivity contribution in [1.29, 1.82) is 0 Å². The molecular weight excluding hydrogens is 330 g/mol. The summed E-state index contributed by atoms with van der Waals surface area (Å²) in [6, 6.07) is 2.29. The normalized spacial score (nSPS) is 11.8. The number of methoxy groups -OCH3 is 1. The minimum absolute atomic E-state index is 0.0477. The van der Waals surface area contributed by atoms with Gasteiger partial charge in [0.05, 0.1) is 23.3 Å². The lowest BCUT2D eigenvalue weighted by Crippen LogP contribution is -2.38. The predicted molar refractivity (Wildman–Crippen MR) is 79.0 cm³/mol. The number of urea groups is 1. The average Bonchev–Trinajstić information content (AvgIpc) is 2.32. The van der Waals surface area contributed by atoms with Crippen molar-refractivity contribution in [3.8, 4) is 0 Å². The predicted octanol–water partition coefficient (Wildman–Crippen LogP) is 2.82. The van der Waals surface area contributed by atoms with Crippen molar-refractivity contribution >= 4 is 33.3 Å². The van der Waals surface area contributed by atoms with E-state index in [2.05, 4.69) is 26.6 Å². The van der Waals surface area contributed by atoms with Gasteiger partial charge in [-0.05, 0) is 35.8 Å². The molecule has 0 spiro atoms. The molecule has 0 aliphatic rings. The van der Waals surface area contributed by atoms with E-state index in [0.29, 0.717) is 22.3 Å². The number of halogens is 1. The molecule has 0 saturated carbocycles. The van der Waals surface area contributed by atoms with E-state index in [4.69, 9.17) is 4.74 Å². The van der Waals surface area contributed by atoms with Gasteiger partial charge in [0, 0.05) is 23.2 Å². The van der Waals surface area contributed by atoms with Crippen LogP contribution >= 0.6 is 15.9 Å². The number of ether oxygens (including phenoxy) is 1. The van der Waals surface area contributed by atoms with Crippen molar-refractivity contribution in [3.05, 3.63) is 32.3 Å². The van der Waals surface area contributed by atoms with Gasteiger partial charge in [-0.3, -0.25) is 10.1 Å². The number of nitro groups is 1. The topological polar surface area (TPSA) is 93.5 Å². The van der Waals surface area contributed by atoms with Gasteiger partial charge in [0.25, 0.3) is 5.69 Å². The summed E-state index contributed by atoms with van der Waals surface area (Å²) in [6.45, 7) is 3.80. The molecule has 1 atom stereocenters. The zero-order chi connectivity index (χ0) is 15.3. The molecule has 1 aromatic rings. The fraction of sp³-hybridized carbons (Fsp3) is 0.417. The number of rotatable bonds is 5. The van der Waals surface area contributed by atoms with Gasteiger partial charge in [0.1, 0.15) is 0 Å². The molecule has 1 unspecified atom stereocenters. The van der Waals surface area contributed by atoms with Gasteiger partial charge in [0.15, 0.2) is 0 Å². The van der Waals surface area contributed by atoms with E-state index >= 15 is 0 Å². The van der Waals surface area contributed by atoms with Crippen LogP contribution in [0.5, 0.6) is 0 Å². The van der Waals surface area contributed by atoms with Gasteiger partial charge >= 0.3 is 6.03 Å². The molecule has 0 bridgehead atoms. The largest absolute Gasteiger partial charge is 0.383 e. The third-order valence-corrected chi connectivity index (χ3v) is 3.18. The van der Waals surface area contributed by atoms with Crippen LogP contribution < -0.4 is 10.6 Å². The maximum atomic E-state index is 11.7. The van der Waals surface area contributed by atoms with Gasteiger partial charge in [-0.15, -0.1) is 0 Å². The first kappa shape index (κ1) is 16.4. The molecule has 1 aromatic carbocycles. The summed E-state index contributed by atoms with van der Waals surface area (Å²) in [5.41, 5.74) is 0.804. The highest BCUT2D eigenvalue weighted by Gasteiger charge is 2.16. The molecule has 0 saturated heterocycles. The maximum absolute atomic E-state index is 11.7. The van der Waals surface area contributed by atoms with Crippen molar-refractivity contribution in [1.82, 2.24) is 5.32 Å². The molecule has 1 rings (SSSR count). The lowest BCUT2D eigenvalue weighted by Gasteiger charge is -2.14. The lowest BCUT2D eigenvalue weighted by molar-refractivity contribution is -0.385. The Hall–Kier alpha value is -1.67. The number of hydrogen-bond donors (Lipinski definition) is 2. The fourth-order valence-electron chi connectivity index (χ4n) is 1.63. The summed E-state index contributed by atoms with van der Waals surface area (Å²) >= 11 is 3.27. The number of hydrogen-bond acceptors (Lipinski definition) is 4. The summed E-state index contributed by atoms with van der Waals surface area (Å²) in [4.78, 5) is 22.1. The molecule has 0 aliphatic heterocycles. The van der Waals surface area contributed by atoms with Crippen molar-refractivity contribution in [2.45, 2.75) is 19.9 Å². The molecule has 0 radical (unpaired) electrons. The Morgan fingerprint density at radius 2 is 2.20 bits per heavy atom. The first-order chi connectivity index (χ1) is 9.35. The van der Waals surface area contributed by atoms with E-state index in [0.717, 1.165) is 0 Å². The zero-order valence-corrected chi connectivity index (χ0v) is 13.0. The third-order valence-electron chi connectivity index (χ3n) is 2.52. The maximum Gasteiger partial charge on any atom is 0.319 e. The number of benzene rings is 1. The summed E-state index contributed by atoms with van der Waals surface area (Å²) in [5, 5.41) is 16.1.